The van der Waals surface area contributed by atoms with Crippen LogP contribution in [0.4, 0.5) is 19.0 Å². The first-order valence-electron chi connectivity index (χ1n) is 5.11. The molecule has 2 N–H and O–H groups in total. The normalized spacial score (nSPS) is 13.1. The molecule has 0 saturated carbocycles. The highest BCUT2D eigenvalue weighted by Gasteiger charge is 2.25. The molecular weight excluding hydrogens is 229 g/mol. The lowest BCUT2D eigenvalue weighted by atomic mass is 9.89. The maximum absolute atomic E-state index is 12.1. The number of alkyl halides is 3. The number of nitrogens with zero attached hydrogens (tertiary/aromatic N) is 1. The highest BCUT2D eigenvalue weighted by atomic mass is 19.4. The smallest absolute Gasteiger partial charge is 0.383 e. The Kier molecular flexibility index (Phi) is 4.00. The minimum Gasteiger partial charge on any atom is -0.383 e. The predicted octanol–water partition coefficient (Wildman–Crippen LogP) is 2.97. The molecule has 2 nitrogen and oxygen atoms in total. The quantitative estimate of drug-likeness (QED) is 0.810. The molecule has 0 aliphatic heterocycles. The fourth-order valence-corrected chi connectivity index (χ4v) is 1.46. The van der Waals surface area contributed by atoms with Crippen molar-refractivity contribution in [3.05, 3.63) is 23.9 Å². The molecule has 0 aliphatic carbocycles. The summed E-state index contributed by atoms with van der Waals surface area (Å²) >= 11 is 0. The number of pyridine rings is 1. The lowest BCUT2D eigenvalue weighted by molar-refractivity contribution is -0.0698. The number of anilines is 1. The van der Waals surface area contributed by atoms with Gasteiger partial charge in [0.05, 0.1) is 5.92 Å². The van der Waals surface area contributed by atoms with Crippen LogP contribution in [-0.4, -0.2) is 11.2 Å². The van der Waals surface area contributed by atoms with Gasteiger partial charge in [-0.2, -0.15) is 13.2 Å². The highest BCUT2D eigenvalue weighted by molar-refractivity contribution is 5.45. The van der Waals surface area contributed by atoms with Gasteiger partial charge >= 0.3 is 6.18 Å². The summed E-state index contributed by atoms with van der Waals surface area (Å²) in [6.45, 7) is 3.59. The van der Waals surface area contributed by atoms with Crippen molar-refractivity contribution in [2.24, 2.45) is 5.92 Å². The van der Waals surface area contributed by atoms with Gasteiger partial charge in [0, 0.05) is 17.7 Å². The zero-order valence-electron chi connectivity index (χ0n) is 9.55. The number of rotatable bonds is 2. The summed E-state index contributed by atoms with van der Waals surface area (Å²) in [5.74, 6) is 3.10. The molecule has 1 aromatic heterocycles. The Bertz CT molecular complexity index is 441. The van der Waals surface area contributed by atoms with Gasteiger partial charge in [-0.3, -0.25) is 0 Å². The molecule has 0 spiro atoms. The van der Waals surface area contributed by atoms with Crippen LogP contribution < -0.4 is 5.73 Å². The first-order valence-corrected chi connectivity index (χ1v) is 5.11. The minimum absolute atomic E-state index is 0.0728. The van der Waals surface area contributed by atoms with Crippen LogP contribution in [0.2, 0.25) is 0 Å². The van der Waals surface area contributed by atoms with E-state index in [-0.39, 0.29) is 11.7 Å². The lowest BCUT2D eigenvalue weighted by Gasteiger charge is -2.16. The van der Waals surface area contributed by atoms with Gasteiger partial charge in [-0.05, 0) is 12.0 Å². The number of aromatic nitrogens is 1. The molecule has 1 rings (SSSR count). The van der Waals surface area contributed by atoms with Gasteiger partial charge in [-0.1, -0.05) is 25.8 Å². The van der Waals surface area contributed by atoms with Crippen LogP contribution in [0.25, 0.3) is 0 Å². The second-order valence-electron chi connectivity index (χ2n) is 3.97. The third-order valence-electron chi connectivity index (χ3n) is 2.24. The van der Waals surface area contributed by atoms with Gasteiger partial charge in [0.25, 0.3) is 0 Å². The number of nitrogen functional groups attached to an aromatic ring is 1. The van der Waals surface area contributed by atoms with Crippen molar-refractivity contribution in [2.75, 3.05) is 5.73 Å². The Labute approximate surface area is 98.0 Å². The molecule has 0 amide bonds. The van der Waals surface area contributed by atoms with Crippen LogP contribution in [0.1, 0.15) is 25.3 Å². The molecule has 0 unspecified atom stereocenters. The monoisotopic (exact) mass is 242 g/mol. The maximum atomic E-state index is 12.1. The third kappa shape index (κ3) is 3.99. The zero-order chi connectivity index (χ0) is 13.1. The average molecular weight is 242 g/mol. The third-order valence-corrected chi connectivity index (χ3v) is 2.24. The SMILES string of the molecule is CC(C)[C@@H](C#CC(F)(F)F)c1cccnc1N. The average Bonchev–Trinajstić information content (AvgIpc) is 2.18. The van der Waals surface area contributed by atoms with Crippen LogP contribution in [0, 0.1) is 17.8 Å². The largest absolute Gasteiger partial charge is 0.457 e. The predicted molar refractivity (Wildman–Crippen MR) is 60.1 cm³/mol. The molecule has 1 heterocycles. The summed E-state index contributed by atoms with van der Waals surface area (Å²) in [6.07, 6.45) is -2.99. The van der Waals surface area contributed by atoms with Crippen LogP contribution >= 0.6 is 0 Å². The topological polar surface area (TPSA) is 38.9 Å². The van der Waals surface area contributed by atoms with Crippen LogP contribution in [0.15, 0.2) is 18.3 Å². The molecule has 0 radical (unpaired) electrons. The van der Waals surface area contributed by atoms with Gasteiger partial charge in [0.1, 0.15) is 5.82 Å². The molecular formula is C12H13F3N2. The molecule has 0 aromatic carbocycles. The number of hydrogen-bond donors (Lipinski definition) is 1. The summed E-state index contributed by atoms with van der Waals surface area (Å²) in [6, 6.07) is 3.29. The van der Waals surface area contributed by atoms with Crippen molar-refractivity contribution in [1.29, 1.82) is 0 Å². The van der Waals surface area contributed by atoms with E-state index in [1.807, 2.05) is 0 Å². The van der Waals surface area contributed by atoms with E-state index in [0.717, 1.165) is 0 Å². The van der Waals surface area contributed by atoms with Crippen molar-refractivity contribution in [1.82, 2.24) is 4.98 Å². The standard InChI is InChI=1S/C12H13F3N2/c1-8(2)9(5-6-12(13,14)15)10-4-3-7-17-11(10)16/h3-4,7-9H,1-2H3,(H2,16,17)/t9-/m1/s1. The van der Waals surface area contributed by atoms with E-state index in [9.17, 15) is 13.2 Å². The van der Waals surface area contributed by atoms with Gasteiger partial charge in [-0.25, -0.2) is 4.98 Å². The number of hydrogen-bond acceptors (Lipinski definition) is 2. The van der Waals surface area contributed by atoms with Gasteiger partial charge in [-0.15, -0.1) is 0 Å². The molecule has 0 bridgehead atoms. The molecule has 0 fully saturated rings. The number of nitrogens with two attached hydrogens (primary N) is 1. The van der Waals surface area contributed by atoms with E-state index in [1.165, 1.54) is 12.1 Å². The fraction of sp³-hybridized carbons (Fsp3) is 0.417. The first-order chi connectivity index (χ1) is 7.81. The molecule has 0 aliphatic rings. The maximum Gasteiger partial charge on any atom is 0.457 e. The van der Waals surface area contributed by atoms with Crippen molar-refractivity contribution in [3.63, 3.8) is 0 Å². The summed E-state index contributed by atoms with van der Waals surface area (Å²) in [4.78, 5) is 3.86. The molecule has 0 saturated heterocycles. The van der Waals surface area contributed by atoms with Crippen molar-refractivity contribution < 1.29 is 13.2 Å². The second-order valence-corrected chi connectivity index (χ2v) is 3.97. The van der Waals surface area contributed by atoms with Crippen molar-refractivity contribution >= 4 is 5.82 Å². The van der Waals surface area contributed by atoms with Crippen molar-refractivity contribution in [3.8, 4) is 11.8 Å². The van der Waals surface area contributed by atoms with E-state index >= 15 is 0 Å². The summed E-state index contributed by atoms with van der Waals surface area (Å²) in [7, 11) is 0. The van der Waals surface area contributed by atoms with Crippen LogP contribution in [0.5, 0.6) is 0 Å². The molecule has 5 heteroatoms. The van der Waals surface area contributed by atoms with E-state index in [4.69, 9.17) is 5.73 Å². The Hall–Kier alpha value is -1.70. The zero-order valence-corrected chi connectivity index (χ0v) is 9.55. The molecule has 1 atom stereocenters. The van der Waals surface area contributed by atoms with Crippen LogP contribution in [-0.2, 0) is 0 Å². The van der Waals surface area contributed by atoms with Crippen molar-refractivity contribution in [2.45, 2.75) is 25.9 Å². The summed E-state index contributed by atoms with van der Waals surface area (Å²) < 4.78 is 36.2. The first kappa shape index (κ1) is 13.4. The van der Waals surface area contributed by atoms with E-state index in [0.29, 0.717) is 5.56 Å². The molecule has 92 valence electrons. The summed E-state index contributed by atoms with van der Waals surface area (Å²) in [5.41, 5.74) is 6.18. The number of halogens is 3. The van der Waals surface area contributed by atoms with E-state index in [1.54, 1.807) is 26.0 Å². The van der Waals surface area contributed by atoms with E-state index < -0.39 is 12.1 Å². The molecule has 17 heavy (non-hydrogen) atoms. The Morgan fingerprint density at radius 1 is 1.35 bits per heavy atom. The van der Waals surface area contributed by atoms with E-state index in [2.05, 4.69) is 10.9 Å². The summed E-state index contributed by atoms with van der Waals surface area (Å²) in [5, 5.41) is 0. The fourth-order valence-electron chi connectivity index (χ4n) is 1.46. The highest BCUT2D eigenvalue weighted by Crippen LogP contribution is 2.27. The lowest BCUT2D eigenvalue weighted by Crippen LogP contribution is -2.10. The Morgan fingerprint density at radius 2 is 2.00 bits per heavy atom. The second kappa shape index (κ2) is 5.09. The molecule has 1 aromatic rings. The van der Waals surface area contributed by atoms with Crippen LogP contribution in [0.3, 0.4) is 0 Å². The minimum atomic E-state index is -4.48. The van der Waals surface area contributed by atoms with Gasteiger partial charge in [0.2, 0.25) is 0 Å². The Balaban J connectivity index is 3.10. The van der Waals surface area contributed by atoms with Gasteiger partial charge < -0.3 is 5.73 Å². The Morgan fingerprint density at radius 3 is 2.47 bits per heavy atom. The van der Waals surface area contributed by atoms with Gasteiger partial charge in [0.15, 0.2) is 0 Å².